The highest BCUT2D eigenvalue weighted by molar-refractivity contribution is 6.31. The SMILES string of the molecule is COC1CCCN(c2ccc(Cl)c(CNCC(C)C)n2)C1. The Balaban J connectivity index is 2.03. The van der Waals surface area contributed by atoms with Gasteiger partial charge in [0.25, 0.3) is 0 Å². The Morgan fingerprint density at radius 2 is 2.29 bits per heavy atom. The summed E-state index contributed by atoms with van der Waals surface area (Å²) in [5.41, 5.74) is 0.925. The number of hydrogen-bond acceptors (Lipinski definition) is 4. The van der Waals surface area contributed by atoms with Gasteiger partial charge in [0, 0.05) is 26.7 Å². The maximum Gasteiger partial charge on any atom is 0.129 e. The van der Waals surface area contributed by atoms with E-state index >= 15 is 0 Å². The van der Waals surface area contributed by atoms with E-state index in [1.165, 1.54) is 0 Å². The molecule has 1 N–H and O–H groups in total. The molecule has 1 aromatic rings. The zero-order valence-electron chi connectivity index (χ0n) is 13.2. The summed E-state index contributed by atoms with van der Waals surface area (Å²) < 4.78 is 5.48. The molecule has 1 fully saturated rings. The van der Waals surface area contributed by atoms with Crippen LogP contribution < -0.4 is 10.2 Å². The van der Waals surface area contributed by atoms with Crippen LogP contribution in [0.15, 0.2) is 12.1 Å². The second-order valence-corrected chi connectivity index (χ2v) is 6.48. The van der Waals surface area contributed by atoms with E-state index in [1.807, 2.05) is 12.1 Å². The Kier molecular flexibility index (Phi) is 6.27. The van der Waals surface area contributed by atoms with Gasteiger partial charge in [0.05, 0.1) is 16.8 Å². The Hall–Kier alpha value is -0.840. The molecule has 118 valence electrons. The summed E-state index contributed by atoms with van der Waals surface area (Å²) in [5.74, 6) is 1.62. The van der Waals surface area contributed by atoms with Crippen LogP contribution in [0, 0.1) is 5.92 Å². The van der Waals surface area contributed by atoms with Crippen LogP contribution >= 0.6 is 11.6 Å². The summed E-state index contributed by atoms with van der Waals surface area (Å²) in [5, 5.41) is 4.13. The maximum atomic E-state index is 6.26. The smallest absolute Gasteiger partial charge is 0.129 e. The number of halogens is 1. The number of methoxy groups -OCH3 is 1. The maximum absolute atomic E-state index is 6.26. The first kappa shape index (κ1) is 16.5. The summed E-state index contributed by atoms with van der Waals surface area (Å²) in [4.78, 5) is 7.03. The molecule has 2 heterocycles. The highest BCUT2D eigenvalue weighted by atomic mass is 35.5. The average molecular weight is 312 g/mol. The molecule has 21 heavy (non-hydrogen) atoms. The number of nitrogens with zero attached hydrogens (tertiary/aromatic N) is 2. The first-order valence-corrected chi connectivity index (χ1v) is 8.11. The van der Waals surface area contributed by atoms with Gasteiger partial charge < -0.3 is 15.0 Å². The van der Waals surface area contributed by atoms with Gasteiger partial charge in [-0.25, -0.2) is 4.98 Å². The quantitative estimate of drug-likeness (QED) is 0.876. The van der Waals surface area contributed by atoms with Crippen molar-refractivity contribution in [3.8, 4) is 0 Å². The number of nitrogens with one attached hydrogen (secondary N) is 1. The van der Waals surface area contributed by atoms with Gasteiger partial charge >= 0.3 is 0 Å². The van der Waals surface area contributed by atoms with Crippen LogP contribution in [0.3, 0.4) is 0 Å². The second-order valence-electron chi connectivity index (χ2n) is 6.07. The van der Waals surface area contributed by atoms with Gasteiger partial charge in [0.1, 0.15) is 5.82 Å². The lowest BCUT2D eigenvalue weighted by Crippen LogP contribution is -2.39. The van der Waals surface area contributed by atoms with E-state index in [9.17, 15) is 0 Å². The fourth-order valence-corrected chi connectivity index (χ4v) is 2.76. The van der Waals surface area contributed by atoms with E-state index in [0.29, 0.717) is 18.6 Å². The monoisotopic (exact) mass is 311 g/mol. The molecular formula is C16H26ClN3O. The normalized spacial score (nSPS) is 19.3. The van der Waals surface area contributed by atoms with Gasteiger partial charge in [0.15, 0.2) is 0 Å². The van der Waals surface area contributed by atoms with Crippen LogP contribution in [-0.4, -0.2) is 37.8 Å². The number of rotatable bonds is 6. The molecule has 0 aromatic carbocycles. The molecule has 0 spiro atoms. The molecule has 0 bridgehead atoms. The Bertz CT molecular complexity index is 453. The van der Waals surface area contributed by atoms with Crippen molar-refractivity contribution < 1.29 is 4.74 Å². The first-order chi connectivity index (χ1) is 10.1. The highest BCUT2D eigenvalue weighted by Crippen LogP contribution is 2.23. The predicted molar refractivity (Wildman–Crippen MR) is 88.0 cm³/mol. The van der Waals surface area contributed by atoms with Crippen molar-refractivity contribution in [2.75, 3.05) is 31.6 Å². The van der Waals surface area contributed by atoms with Crippen LogP contribution in [0.25, 0.3) is 0 Å². The zero-order valence-corrected chi connectivity index (χ0v) is 14.0. The molecule has 1 atom stereocenters. The molecule has 2 rings (SSSR count). The van der Waals surface area contributed by atoms with E-state index in [1.54, 1.807) is 7.11 Å². The molecule has 0 saturated carbocycles. The minimum Gasteiger partial charge on any atom is -0.380 e. The van der Waals surface area contributed by atoms with Crippen LogP contribution in [0.1, 0.15) is 32.4 Å². The number of aromatic nitrogens is 1. The topological polar surface area (TPSA) is 37.4 Å². The zero-order chi connectivity index (χ0) is 15.2. The average Bonchev–Trinajstić information content (AvgIpc) is 2.49. The molecule has 0 aliphatic carbocycles. The minimum atomic E-state index is 0.304. The van der Waals surface area contributed by atoms with E-state index in [-0.39, 0.29) is 0 Å². The molecule has 1 aliphatic rings. The highest BCUT2D eigenvalue weighted by Gasteiger charge is 2.21. The van der Waals surface area contributed by atoms with E-state index in [2.05, 4.69) is 24.1 Å². The Labute approximate surface area is 132 Å². The van der Waals surface area contributed by atoms with E-state index in [0.717, 1.165) is 49.0 Å². The molecular weight excluding hydrogens is 286 g/mol. The fraction of sp³-hybridized carbons (Fsp3) is 0.688. The van der Waals surface area contributed by atoms with Crippen molar-refractivity contribution in [2.45, 2.75) is 39.3 Å². The summed E-state index contributed by atoms with van der Waals surface area (Å²) >= 11 is 6.26. The molecule has 0 amide bonds. The summed E-state index contributed by atoms with van der Waals surface area (Å²) in [6.45, 7) is 8.01. The van der Waals surface area contributed by atoms with Crippen molar-refractivity contribution in [3.05, 3.63) is 22.8 Å². The van der Waals surface area contributed by atoms with E-state index in [4.69, 9.17) is 21.3 Å². The van der Waals surface area contributed by atoms with Gasteiger partial charge in [-0.05, 0) is 37.4 Å². The van der Waals surface area contributed by atoms with Crippen LogP contribution in [-0.2, 0) is 11.3 Å². The van der Waals surface area contributed by atoms with E-state index < -0.39 is 0 Å². The molecule has 1 aromatic heterocycles. The Morgan fingerprint density at radius 3 is 3.00 bits per heavy atom. The van der Waals surface area contributed by atoms with Gasteiger partial charge in [0.2, 0.25) is 0 Å². The molecule has 1 saturated heterocycles. The third-order valence-corrected chi connectivity index (χ3v) is 4.13. The molecule has 4 nitrogen and oxygen atoms in total. The van der Waals surface area contributed by atoms with Gasteiger partial charge in [-0.1, -0.05) is 25.4 Å². The van der Waals surface area contributed by atoms with Crippen molar-refractivity contribution in [2.24, 2.45) is 5.92 Å². The van der Waals surface area contributed by atoms with Crippen LogP contribution in [0.5, 0.6) is 0 Å². The second kappa shape index (κ2) is 7.97. The lowest BCUT2D eigenvalue weighted by atomic mass is 10.1. The number of piperidine rings is 1. The third-order valence-electron chi connectivity index (χ3n) is 3.78. The van der Waals surface area contributed by atoms with Crippen molar-refractivity contribution in [3.63, 3.8) is 0 Å². The van der Waals surface area contributed by atoms with Gasteiger partial charge in [-0.15, -0.1) is 0 Å². The number of anilines is 1. The van der Waals surface area contributed by atoms with Crippen LogP contribution in [0.4, 0.5) is 5.82 Å². The molecule has 1 unspecified atom stereocenters. The van der Waals surface area contributed by atoms with Crippen LogP contribution in [0.2, 0.25) is 5.02 Å². The van der Waals surface area contributed by atoms with Crippen molar-refractivity contribution in [1.82, 2.24) is 10.3 Å². The van der Waals surface area contributed by atoms with Crippen molar-refractivity contribution >= 4 is 17.4 Å². The number of pyridine rings is 1. The lowest BCUT2D eigenvalue weighted by molar-refractivity contribution is 0.0891. The number of hydrogen-bond donors (Lipinski definition) is 1. The number of ether oxygens (including phenoxy) is 1. The summed E-state index contributed by atoms with van der Waals surface area (Å²) in [7, 11) is 1.78. The minimum absolute atomic E-state index is 0.304. The molecule has 1 aliphatic heterocycles. The van der Waals surface area contributed by atoms with Gasteiger partial charge in [-0.3, -0.25) is 0 Å². The third kappa shape index (κ3) is 4.83. The standard InChI is InChI=1S/C16H26ClN3O/c1-12(2)9-18-10-15-14(17)6-7-16(19-15)20-8-4-5-13(11-20)21-3/h6-7,12-13,18H,4-5,8-11H2,1-3H3. The largest absolute Gasteiger partial charge is 0.380 e. The fourth-order valence-electron chi connectivity index (χ4n) is 2.59. The molecule has 5 heteroatoms. The summed E-state index contributed by atoms with van der Waals surface area (Å²) in [6.07, 6.45) is 2.58. The predicted octanol–water partition coefficient (Wildman–Crippen LogP) is 3.10. The summed E-state index contributed by atoms with van der Waals surface area (Å²) in [6, 6.07) is 3.96. The lowest BCUT2D eigenvalue weighted by Gasteiger charge is -2.33. The first-order valence-electron chi connectivity index (χ1n) is 7.74. The molecule has 0 radical (unpaired) electrons. The Morgan fingerprint density at radius 1 is 1.48 bits per heavy atom. The van der Waals surface area contributed by atoms with Gasteiger partial charge in [-0.2, -0.15) is 0 Å². The van der Waals surface area contributed by atoms with Crippen molar-refractivity contribution in [1.29, 1.82) is 0 Å².